The number of anilines is 6. The first-order valence-electron chi connectivity index (χ1n) is 26.2. The van der Waals surface area contributed by atoms with Crippen molar-refractivity contribution < 1.29 is 0 Å². The number of fused-ring (bicyclic) bond motifs is 8. The molecule has 0 saturated heterocycles. The summed E-state index contributed by atoms with van der Waals surface area (Å²) in [5.41, 5.74) is 19.7. The van der Waals surface area contributed by atoms with Gasteiger partial charge in [0.25, 0.3) is 0 Å². The SMILES string of the molecule is C=CC1=Cc2c(n(-c3ccccc3)c3ccc(N(c4ccc(-c5ccc(N(c6ccc7c(c6)c6cc(C=C)ccc6n7-c6ccccc6)c6cccc7ccccc67)cc5)cc4)c4cccc5ccccc45)cc23)CC1. The van der Waals surface area contributed by atoms with E-state index in [1.54, 1.807) is 0 Å². The molecular weight excluding hydrogens is 921 g/mol. The van der Waals surface area contributed by atoms with Crippen molar-refractivity contribution in [3.63, 3.8) is 0 Å². The Morgan fingerprint density at radius 2 is 0.816 bits per heavy atom. The molecule has 0 amide bonds. The van der Waals surface area contributed by atoms with Crippen LogP contribution in [0.1, 0.15) is 23.2 Å². The summed E-state index contributed by atoms with van der Waals surface area (Å²) < 4.78 is 4.83. The number of para-hydroxylation sites is 2. The van der Waals surface area contributed by atoms with E-state index in [0.717, 1.165) is 80.4 Å². The molecule has 14 rings (SSSR count). The minimum absolute atomic E-state index is 0.955. The first-order valence-corrected chi connectivity index (χ1v) is 26.2. The largest absolute Gasteiger partial charge is 0.313 e. The lowest BCUT2D eigenvalue weighted by molar-refractivity contribution is 0.869. The van der Waals surface area contributed by atoms with E-state index in [9.17, 15) is 0 Å². The van der Waals surface area contributed by atoms with Gasteiger partial charge in [-0.25, -0.2) is 0 Å². The second-order valence-corrected chi connectivity index (χ2v) is 19.8. The quantitative estimate of drug-likeness (QED) is 0.128. The van der Waals surface area contributed by atoms with Crippen LogP contribution in [0.25, 0.3) is 88.9 Å². The zero-order valence-corrected chi connectivity index (χ0v) is 42.0. The molecule has 0 N–H and O–H groups in total. The van der Waals surface area contributed by atoms with E-state index >= 15 is 0 Å². The fraction of sp³-hybridized carbons (Fsp3) is 0.0278. The van der Waals surface area contributed by atoms with Crippen LogP contribution in [0.2, 0.25) is 0 Å². The second-order valence-electron chi connectivity index (χ2n) is 19.8. The summed E-state index contributed by atoms with van der Waals surface area (Å²) in [6.45, 7) is 8.30. The first kappa shape index (κ1) is 44.8. The van der Waals surface area contributed by atoms with E-state index in [1.165, 1.54) is 65.7 Å². The van der Waals surface area contributed by atoms with Gasteiger partial charge in [-0.3, -0.25) is 0 Å². The molecule has 0 spiro atoms. The van der Waals surface area contributed by atoms with Gasteiger partial charge < -0.3 is 18.9 Å². The third-order valence-corrected chi connectivity index (χ3v) is 15.5. The van der Waals surface area contributed by atoms with Crippen LogP contribution in [-0.2, 0) is 6.42 Å². The Labute approximate surface area is 442 Å². The highest BCUT2D eigenvalue weighted by Gasteiger charge is 2.24. The van der Waals surface area contributed by atoms with E-state index < -0.39 is 0 Å². The first-order chi connectivity index (χ1) is 37.6. The third kappa shape index (κ3) is 7.53. The van der Waals surface area contributed by atoms with Crippen LogP contribution in [-0.4, -0.2) is 9.13 Å². The van der Waals surface area contributed by atoms with Crippen LogP contribution in [0.5, 0.6) is 0 Å². The molecule has 0 unspecified atom stereocenters. The van der Waals surface area contributed by atoms with Gasteiger partial charge >= 0.3 is 0 Å². The molecule has 1 aliphatic carbocycles. The van der Waals surface area contributed by atoms with Crippen molar-refractivity contribution in [1.29, 1.82) is 0 Å². The monoisotopic (exact) mass is 972 g/mol. The lowest BCUT2D eigenvalue weighted by Crippen LogP contribution is -2.11. The zero-order valence-electron chi connectivity index (χ0n) is 42.0. The van der Waals surface area contributed by atoms with Crippen molar-refractivity contribution in [3.8, 4) is 22.5 Å². The van der Waals surface area contributed by atoms with Crippen LogP contribution in [0.4, 0.5) is 34.1 Å². The Morgan fingerprint density at radius 1 is 0.355 bits per heavy atom. The molecule has 0 bridgehead atoms. The van der Waals surface area contributed by atoms with Crippen molar-refractivity contribution in [2.45, 2.75) is 12.8 Å². The van der Waals surface area contributed by atoms with Gasteiger partial charge in [0, 0.05) is 72.3 Å². The summed E-state index contributed by atoms with van der Waals surface area (Å²) in [6.07, 6.45) is 8.23. The molecule has 76 heavy (non-hydrogen) atoms. The average molecular weight is 973 g/mol. The predicted octanol–water partition coefficient (Wildman–Crippen LogP) is 19.8. The Hall–Kier alpha value is -9.90. The lowest BCUT2D eigenvalue weighted by Gasteiger charge is -2.28. The van der Waals surface area contributed by atoms with Gasteiger partial charge in [-0.15, -0.1) is 0 Å². The van der Waals surface area contributed by atoms with Crippen LogP contribution < -0.4 is 9.80 Å². The van der Waals surface area contributed by atoms with Crippen molar-refractivity contribution in [2.75, 3.05) is 9.80 Å². The summed E-state index contributed by atoms with van der Waals surface area (Å²) in [4.78, 5) is 4.84. The maximum Gasteiger partial charge on any atom is 0.0542 e. The number of rotatable bonds is 11. The lowest BCUT2D eigenvalue weighted by atomic mass is 9.95. The van der Waals surface area contributed by atoms with Gasteiger partial charge in [0.05, 0.1) is 27.9 Å². The Balaban J connectivity index is 0.875. The summed E-state index contributed by atoms with van der Waals surface area (Å²) in [6, 6.07) is 90.7. The molecule has 0 saturated carbocycles. The number of nitrogens with zero attached hydrogens (tertiary/aromatic N) is 4. The normalized spacial score (nSPS) is 12.3. The topological polar surface area (TPSA) is 16.3 Å². The molecule has 4 nitrogen and oxygen atoms in total. The number of allylic oxidation sites excluding steroid dienone is 2. The summed E-state index contributed by atoms with van der Waals surface area (Å²) >= 11 is 0. The average Bonchev–Trinajstić information content (AvgIpc) is 4.02. The maximum absolute atomic E-state index is 4.17. The molecule has 1 aliphatic rings. The molecule has 4 heteroatoms. The molecule has 0 radical (unpaired) electrons. The van der Waals surface area contributed by atoms with Crippen LogP contribution in [0, 0.1) is 0 Å². The highest BCUT2D eigenvalue weighted by molar-refractivity contribution is 6.12. The predicted molar refractivity (Wildman–Crippen MR) is 324 cm³/mol. The zero-order chi connectivity index (χ0) is 50.7. The fourth-order valence-electron chi connectivity index (χ4n) is 11.9. The minimum atomic E-state index is 0.955. The fourth-order valence-corrected chi connectivity index (χ4v) is 11.9. The summed E-state index contributed by atoms with van der Waals surface area (Å²) in [7, 11) is 0. The number of benzene rings is 11. The van der Waals surface area contributed by atoms with Gasteiger partial charge in [-0.2, -0.15) is 0 Å². The highest BCUT2D eigenvalue weighted by atomic mass is 15.2. The Bertz CT molecular complexity index is 4410. The molecule has 11 aromatic carbocycles. The summed E-state index contributed by atoms with van der Waals surface area (Å²) in [5.74, 6) is 0. The van der Waals surface area contributed by atoms with E-state index in [4.69, 9.17) is 0 Å². The number of hydrogen-bond donors (Lipinski definition) is 0. The second kappa shape index (κ2) is 18.5. The van der Waals surface area contributed by atoms with Gasteiger partial charge in [0.2, 0.25) is 0 Å². The highest BCUT2D eigenvalue weighted by Crippen LogP contribution is 2.46. The molecule has 0 fully saturated rings. The van der Waals surface area contributed by atoms with E-state index in [-0.39, 0.29) is 0 Å². The molecule has 2 heterocycles. The van der Waals surface area contributed by atoms with E-state index in [2.05, 4.69) is 287 Å². The standard InChI is InChI=1S/C72H52N4/c1-3-49-29-41-69-63(45-49)65-47-59(39-43-71(65)75(69)55-21-7-5-8-22-55)73(67-27-15-19-53-17-11-13-25-61(53)67)57-35-31-51(32-36-57)52-33-37-58(38-34-52)74(68-28-16-20-54-18-12-14-26-62(54)68)60-40-44-72-66(48-60)64-46-50(4-2)30-42-70(64)76(72)56-23-9-6-10-24-56/h3-29,31-41,43-48H,1-2,30,42H2. The Kier molecular flexibility index (Phi) is 10.9. The van der Waals surface area contributed by atoms with Gasteiger partial charge in [-0.05, 0) is 161 Å². The molecule has 13 aromatic rings. The van der Waals surface area contributed by atoms with Gasteiger partial charge in [0.1, 0.15) is 0 Å². The molecule has 2 aromatic heterocycles. The van der Waals surface area contributed by atoms with Crippen molar-refractivity contribution in [3.05, 3.63) is 290 Å². The molecule has 0 aliphatic heterocycles. The summed E-state index contributed by atoms with van der Waals surface area (Å²) in [5, 5.41) is 8.38. The van der Waals surface area contributed by atoms with Crippen molar-refractivity contribution in [2.24, 2.45) is 0 Å². The minimum Gasteiger partial charge on any atom is -0.313 e. The number of aromatic nitrogens is 2. The smallest absolute Gasteiger partial charge is 0.0542 e. The molecule has 360 valence electrons. The van der Waals surface area contributed by atoms with E-state index in [0.29, 0.717) is 0 Å². The maximum atomic E-state index is 4.17. The van der Waals surface area contributed by atoms with Crippen molar-refractivity contribution in [1.82, 2.24) is 9.13 Å². The molecular formula is C72H52N4. The van der Waals surface area contributed by atoms with Gasteiger partial charge in [-0.1, -0.05) is 165 Å². The van der Waals surface area contributed by atoms with Crippen LogP contribution in [0.3, 0.4) is 0 Å². The third-order valence-electron chi connectivity index (χ3n) is 15.5. The van der Waals surface area contributed by atoms with Crippen LogP contribution >= 0.6 is 0 Å². The van der Waals surface area contributed by atoms with Crippen LogP contribution in [0.15, 0.2) is 274 Å². The van der Waals surface area contributed by atoms with Gasteiger partial charge in [0.15, 0.2) is 0 Å². The van der Waals surface area contributed by atoms with E-state index in [1.807, 2.05) is 12.2 Å². The van der Waals surface area contributed by atoms with Crippen molar-refractivity contribution >= 4 is 101 Å². The Morgan fingerprint density at radius 3 is 1.37 bits per heavy atom. The molecule has 0 atom stereocenters. The number of hydrogen-bond acceptors (Lipinski definition) is 2.